The minimum Gasteiger partial charge on any atom is -0.493 e. The quantitative estimate of drug-likeness (QED) is 0.727. The average molecular weight is 220 g/mol. The molecule has 2 aromatic rings. The summed E-state index contributed by atoms with van der Waals surface area (Å²) in [4.78, 5) is 11.3. The van der Waals surface area contributed by atoms with Gasteiger partial charge in [-0.15, -0.1) is 0 Å². The number of methoxy groups -OCH3 is 2. The fourth-order valence-electron chi connectivity index (χ4n) is 1.70. The molecule has 0 fully saturated rings. The molecule has 0 saturated heterocycles. The second kappa shape index (κ2) is 3.89. The maximum absolute atomic E-state index is 11.3. The number of aryl methyl sites for hydroxylation is 1. The summed E-state index contributed by atoms with van der Waals surface area (Å²) in [6.07, 6.45) is 0. The van der Waals surface area contributed by atoms with Crippen LogP contribution >= 0.6 is 0 Å². The lowest BCUT2D eigenvalue weighted by atomic mass is 10.1. The predicted molar refractivity (Wildman–Crippen MR) is 60.3 cm³/mol. The second-order valence-electron chi connectivity index (χ2n) is 3.43. The van der Waals surface area contributed by atoms with Gasteiger partial charge in [0, 0.05) is 11.5 Å². The Morgan fingerprint density at radius 2 is 1.94 bits per heavy atom. The van der Waals surface area contributed by atoms with Gasteiger partial charge in [0.2, 0.25) is 5.75 Å². The molecule has 0 amide bonds. The fraction of sp³-hybridized carbons (Fsp3) is 0.250. The van der Waals surface area contributed by atoms with E-state index in [2.05, 4.69) is 0 Å². The van der Waals surface area contributed by atoms with Crippen LogP contribution in [-0.2, 0) is 0 Å². The Morgan fingerprint density at radius 1 is 1.19 bits per heavy atom. The lowest BCUT2D eigenvalue weighted by molar-refractivity contribution is 0.352. The van der Waals surface area contributed by atoms with Crippen molar-refractivity contribution in [2.75, 3.05) is 14.2 Å². The zero-order valence-electron chi connectivity index (χ0n) is 9.37. The molecular weight excluding hydrogens is 208 g/mol. The number of benzene rings is 1. The van der Waals surface area contributed by atoms with Crippen LogP contribution < -0.4 is 15.1 Å². The first-order valence-electron chi connectivity index (χ1n) is 4.83. The van der Waals surface area contributed by atoms with Crippen molar-refractivity contribution in [1.82, 2.24) is 0 Å². The molecule has 84 valence electrons. The summed E-state index contributed by atoms with van der Waals surface area (Å²) in [5, 5.41) is 0.845. The highest BCUT2D eigenvalue weighted by Crippen LogP contribution is 2.35. The molecule has 4 heteroatoms. The number of ether oxygens (including phenoxy) is 2. The molecule has 16 heavy (non-hydrogen) atoms. The second-order valence-corrected chi connectivity index (χ2v) is 3.43. The maximum atomic E-state index is 11.3. The summed E-state index contributed by atoms with van der Waals surface area (Å²) in [6, 6.07) is 5.08. The van der Waals surface area contributed by atoms with E-state index in [4.69, 9.17) is 13.9 Å². The highest BCUT2D eigenvalue weighted by Gasteiger charge is 2.13. The molecule has 0 radical (unpaired) electrons. The first-order valence-corrected chi connectivity index (χ1v) is 4.83. The van der Waals surface area contributed by atoms with Gasteiger partial charge in [-0.1, -0.05) is 0 Å². The summed E-state index contributed by atoms with van der Waals surface area (Å²) in [7, 11) is 3.05. The maximum Gasteiger partial charge on any atom is 0.336 e. The lowest BCUT2D eigenvalue weighted by Crippen LogP contribution is -2.00. The molecule has 0 atom stereocenters. The van der Waals surface area contributed by atoms with Gasteiger partial charge < -0.3 is 13.9 Å². The molecule has 0 aliphatic rings. The van der Waals surface area contributed by atoms with E-state index in [0.29, 0.717) is 17.1 Å². The lowest BCUT2D eigenvalue weighted by Gasteiger charge is -2.09. The van der Waals surface area contributed by atoms with Gasteiger partial charge in [0.15, 0.2) is 11.3 Å². The normalized spacial score (nSPS) is 10.4. The van der Waals surface area contributed by atoms with Crippen molar-refractivity contribution in [2.45, 2.75) is 6.92 Å². The molecule has 0 N–H and O–H groups in total. The summed E-state index contributed by atoms with van der Waals surface area (Å²) >= 11 is 0. The van der Waals surface area contributed by atoms with Crippen molar-refractivity contribution in [1.29, 1.82) is 0 Å². The topological polar surface area (TPSA) is 48.7 Å². The fourth-order valence-corrected chi connectivity index (χ4v) is 1.70. The Kier molecular flexibility index (Phi) is 2.56. The Balaban J connectivity index is 2.91. The summed E-state index contributed by atoms with van der Waals surface area (Å²) < 4.78 is 15.5. The highest BCUT2D eigenvalue weighted by atomic mass is 16.5. The van der Waals surface area contributed by atoms with E-state index in [-0.39, 0.29) is 0 Å². The van der Waals surface area contributed by atoms with Gasteiger partial charge in [0.1, 0.15) is 0 Å². The van der Waals surface area contributed by atoms with Gasteiger partial charge in [-0.3, -0.25) is 0 Å². The number of hydrogen-bond donors (Lipinski definition) is 0. The van der Waals surface area contributed by atoms with Gasteiger partial charge in [-0.25, -0.2) is 4.79 Å². The van der Waals surface area contributed by atoms with Gasteiger partial charge in [0.25, 0.3) is 0 Å². The molecule has 2 rings (SSSR count). The Labute approximate surface area is 92.4 Å². The van der Waals surface area contributed by atoms with Crippen LogP contribution in [0.15, 0.2) is 27.4 Å². The monoisotopic (exact) mass is 220 g/mol. The van der Waals surface area contributed by atoms with Gasteiger partial charge in [-0.2, -0.15) is 0 Å². The smallest absolute Gasteiger partial charge is 0.336 e. The average Bonchev–Trinajstić information content (AvgIpc) is 2.27. The van der Waals surface area contributed by atoms with Crippen molar-refractivity contribution < 1.29 is 13.9 Å². The first-order chi connectivity index (χ1) is 7.67. The van der Waals surface area contributed by atoms with Crippen LogP contribution in [0.2, 0.25) is 0 Å². The van der Waals surface area contributed by atoms with E-state index in [1.807, 2.05) is 13.0 Å². The van der Waals surface area contributed by atoms with Crippen LogP contribution in [0.3, 0.4) is 0 Å². The molecule has 1 aromatic carbocycles. The zero-order valence-corrected chi connectivity index (χ0v) is 9.37. The van der Waals surface area contributed by atoms with Crippen molar-refractivity contribution in [3.63, 3.8) is 0 Å². The third-order valence-electron chi connectivity index (χ3n) is 2.46. The van der Waals surface area contributed by atoms with Crippen molar-refractivity contribution >= 4 is 11.0 Å². The minimum absolute atomic E-state index is 0.392. The minimum atomic E-state index is -0.392. The largest absolute Gasteiger partial charge is 0.493 e. The van der Waals surface area contributed by atoms with Crippen molar-refractivity contribution in [3.8, 4) is 11.5 Å². The van der Waals surface area contributed by atoms with Crippen LogP contribution in [-0.4, -0.2) is 14.2 Å². The van der Waals surface area contributed by atoms with E-state index in [1.165, 1.54) is 20.3 Å². The molecule has 0 saturated carbocycles. The Morgan fingerprint density at radius 3 is 2.56 bits per heavy atom. The molecule has 0 spiro atoms. The van der Waals surface area contributed by atoms with Crippen molar-refractivity contribution in [3.05, 3.63) is 34.2 Å². The van der Waals surface area contributed by atoms with Gasteiger partial charge >= 0.3 is 5.63 Å². The Hall–Kier alpha value is -1.97. The van der Waals surface area contributed by atoms with Crippen LogP contribution in [0, 0.1) is 6.92 Å². The number of hydrogen-bond acceptors (Lipinski definition) is 4. The summed E-state index contributed by atoms with van der Waals surface area (Å²) in [5.41, 5.74) is 0.885. The van der Waals surface area contributed by atoms with E-state index < -0.39 is 5.63 Å². The predicted octanol–water partition coefficient (Wildman–Crippen LogP) is 2.12. The van der Waals surface area contributed by atoms with Gasteiger partial charge in [-0.05, 0) is 24.6 Å². The van der Waals surface area contributed by atoms with E-state index >= 15 is 0 Å². The third kappa shape index (κ3) is 1.52. The molecule has 0 aliphatic heterocycles. The number of rotatable bonds is 2. The highest BCUT2D eigenvalue weighted by molar-refractivity contribution is 5.87. The Bertz CT molecular complexity index is 583. The van der Waals surface area contributed by atoms with Gasteiger partial charge in [0.05, 0.1) is 14.2 Å². The molecule has 1 aromatic heterocycles. The molecule has 4 nitrogen and oxygen atoms in total. The standard InChI is InChI=1S/C12H12O4/c1-7-6-10(13)16-11-8(7)4-5-9(14-2)12(11)15-3/h4-6H,1-3H3. The molecule has 0 unspecified atom stereocenters. The van der Waals surface area contributed by atoms with E-state index in [0.717, 1.165) is 10.9 Å². The van der Waals surface area contributed by atoms with Crippen LogP contribution in [0.5, 0.6) is 11.5 Å². The third-order valence-corrected chi connectivity index (χ3v) is 2.46. The van der Waals surface area contributed by atoms with Crippen molar-refractivity contribution in [2.24, 2.45) is 0 Å². The van der Waals surface area contributed by atoms with Crippen LogP contribution in [0.1, 0.15) is 5.56 Å². The molecule has 0 aliphatic carbocycles. The number of fused-ring (bicyclic) bond motifs is 1. The summed E-state index contributed by atoms with van der Waals surface area (Å²) in [6.45, 7) is 1.85. The first kappa shape index (κ1) is 10.5. The van der Waals surface area contributed by atoms with E-state index in [1.54, 1.807) is 6.07 Å². The SMILES string of the molecule is COc1ccc2c(C)cc(=O)oc2c1OC. The molecule has 0 bridgehead atoms. The summed E-state index contributed by atoms with van der Waals surface area (Å²) in [5.74, 6) is 0.990. The van der Waals surface area contributed by atoms with Crippen LogP contribution in [0.4, 0.5) is 0 Å². The van der Waals surface area contributed by atoms with E-state index in [9.17, 15) is 4.79 Å². The van der Waals surface area contributed by atoms with Crippen LogP contribution in [0.25, 0.3) is 11.0 Å². The molecular formula is C12H12O4. The molecule has 1 heterocycles. The zero-order chi connectivity index (χ0) is 11.7.